The molecule has 0 fully saturated rings. The van der Waals surface area contributed by atoms with Gasteiger partial charge in [0.1, 0.15) is 11.4 Å². The number of carbonyl (C=O) groups is 3. The van der Waals surface area contributed by atoms with Gasteiger partial charge >= 0.3 is 5.97 Å². The highest BCUT2D eigenvalue weighted by Gasteiger charge is 2.24. The van der Waals surface area contributed by atoms with Gasteiger partial charge in [0.05, 0.1) is 12.1 Å². The van der Waals surface area contributed by atoms with E-state index in [1.165, 1.54) is 27.0 Å². The van der Waals surface area contributed by atoms with Gasteiger partial charge in [-0.05, 0) is 51.5 Å². The number of hydrogen-bond donors (Lipinski definition) is 2. The van der Waals surface area contributed by atoms with Gasteiger partial charge in [-0.25, -0.2) is 4.79 Å². The summed E-state index contributed by atoms with van der Waals surface area (Å²) < 4.78 is 10.3. The predicted molar refractivity (Wildman–Crippen MR) is 102 cm³/mol. The largest absolute Gasteiger partial charge is 0.495 e. The minimum Gasteiger partial charge on any atom is -0.495 e. The van der Waals surface area contributed by atoms with Gasteiger partial charge in [-0.3, -0.25) is 9.59 Å². The van der Waals surface area contributed by atoms with Crippen molar-refractivity contribution in [3.63, 3.8) is 0 Å². The van der Waals surface area contributed by atoms with Crippen LogP contribution < -0.4 is 10.1 Å². The number of aryl methyl sites for hydroxylation is 1. The molecule has 1 amide bonds. The van der Waals surface area contributed by atoms with E-state index in [4.69, 9.17) is 21.1 Å². The van der Waals surface area contributed by atoms with Crippen molar-refractivity contribution in [2.45, 2.75) is 33.8 Å². The normalized spacial score (nSPS) is 11.6. The van der Waals surface area contributed by atoms with Crippen LogP contribution in [0.15, 0.2) is 18.2 Å². The maximum atomic E-state index is 12.4. The number of ether oxygens (including phenoxy) is 2. The van der Waals surface area contributed by atoms with Crippen LogP contribution in [0.2, 0.25) is 5.02 Å². The Morgan fingerprint density at radius 2 is 1.89 bits per heavy atom. The lowest BCUT2D eigenvalue weighted by atomic mass is 10.1. The van der Waals surface area contributed by atoms with Gasteiger partial charge in [-0.15, -0.1) is 0 Å². The molecule has 1 aromatic carbocycles. The van der Waals surface area contributed by atoms with Crippen LogP contribution in [-0.2, 0) is 9.53 Å². The molecule has 2 N–H and O–H groups in total. The minimum atomic E-state index is -1.05. The molecule has 0 aliphatic heterocycles. The number of benzene rings is 1. The van der Waals surface area contributed by atoms with Gasteiger partial charge < -0.3 is 19.8 Å². The average molecular weight is 393 g/mol. The molecule has 0 aliphatic carbocycles. The fraction of sp³-hybridized carbons (Fsp3) is 0.316. The molecular weight excluding hydrogens is 372 g/mol. The number of rotatable bonds is 6. The Morgan fingerprint density at radius 1 is 1.22 bits per heavy atom. The monoisotopic (exact) mass is 392 g/mol. The number of nitrogens with one attached hydrogen (secondary N) is 2. The minimum absolute atomic E-state index is 0.150. The van der Waals surface area contributed by atoms with Gasteiger partial charge in [-0.1, -0.05) is 11.6 Å². The van der Waals surface area contributed by atoms with Crippen LogP contribution in [0.4, 0.5) is 5.69 Å². The Labute approximate surface area is 162 Å². The van der Waals surface area contributed by atoms with Crippen LogP contribution in [0, 0.1) is 13.8 Å². The number of amides is 1. The molecular formula is C19H21ClN2O5. The molecule has 0 saturated heterocycles. The Kier molecular flexibility index (Phi) is 6.28. The predicted octanol–water partition coefficient (Wildman–Crippen LogP) is 3.68. The van der Waals surface area contributed by atoms with Crippen molar-refractivity contribution in [1.29, 1.82) is 0 Å². The number of methoxy groups -OCH3 is 1. The second-order valence-electron chi connectivity index (χ2n) is 6.07. The third-order valence-electron chi connectivity index (χ3n) is 4.07. The molecule has 0 spiro atoms. The number of aromatic nitrogens is 1. The summed E-state index contributed by atoms with van der Waals surface area (Å²) in [4.78, 5) is 39.2. The molecule has 1 heterocycles. The van der Waals surface area contributed by atoms with E-state index in [0.717, 1.165) is 0 Å². The zero-order chi connectivity index (χ0) is 20.3. The summed E-state index contributed by atoms with van der Waals surface area (Å²) in [5.74, 6) is -0.897. The first kappa shape index (κ1) is 20.5. The summed E-state index contributed by atoms with van der Waals surface area (Å²) in [6.07, 6.45) is -1.05. The highest BCUT2D eigenvalue weighted by Crippen LogP contribution is 2.27. The Hall–Kier alpha value is -2.80. The van der Waals surface area contributed by atoms with Gasteiger partial charge in [-0.2, -0.15) is 0 Å². The van der Waals surface area contributed by atoms with Crippen molar-refractivity contribution in [3.8, 4) is 5.75 Å². The molecule has 27 heavy (non-hydrogen) atoms. The Bertz CT molecular complexity index is 904. The van der Waals surface area contributed by atoms with Gasteiger partial charge in [0, 0.05) is 16.9 Å². The van der Waals surface area contributed by atoms with E-state index in [-0.39, 0.29) is 11.5 Å². The summed E-state index contributed by atoms with van der Waals surface area (Å²) in [6.45, 7) is 6.23. The lowest BCUT2D eigenvalue weighted by molar-refractivity contribution is -0.123. The van der Waals surface area contributed by atoms with Crippen LogP contribution in [0.3, 0.4) is 0 Å². The molecule has 0 saturated carbocycles. The quantitative estimate of drug-likeness (QED) is 0.577. The zero-order valence-corrected chi connectivity index (χ0v) is 16.5. The molecule has 0 bridgehead atoms. The highest BCUT2D eigenvalue weighted by atomic mass is 35.5. The Morgan fingerprint density at radius 3 is 2.41 bits per heavy atom. The second-order valence-corrected chi connectivity index (χ2v) is 6.47. The van der Waals surface area contributed by atoms with Crippen molar-refractivity contribution in [1.82, 2.24) is 4.98 Å². The van der Waals surface area contributed by atoms with Crippen LogP contribution >= 0.6 is 11.6 Å². The number of aromatic amines is 1. The standard InChI is InChI=1S/C19H21ClN2O5/c1-9-16(11(3)23)10(2)21-17(9)19(25)27-12(4)18(24)22-13-6-7-15(26-5)14(20)8-13/h6-8,12,21H,1-5H3,(H,22,24)/t12-/m0/s1. The van der Waals surface area contributed by atoms with Gasteiger partial charge in [0.2, 0.25) is 0 Å². The Balaban J connectivity index is 2.08. The number of carbonyl (C=O) groups excluding carboxylic acids is 3. The molecule has 1 atom stereocenters. The van der Waals surface area contributed by atoms with E-state index in [1.807, 2.05) is 0 Å². The lowest BCUT2D eigenvalue weighted by Crippen LogP contribution is -2.30. The number of H-pyrrole nitrogens is 1. The van der Waals surface area contributed by atoms with E-state index < -0.39 is 18.0 Å². The lowest BCUT2D eigenvalue weighted by Gasteiger charge is -2.14. The molecule has 1 aromatic heterocycles. The average Bonchev–Trinajstić information content (AvgIpc) is 2.89. The first-order valence-corrected chi connectivity index (χ1v) is 8.59. The molecule has 2 aromatic rings. The summed E-state index contributed by atoms with van der Waals surface area (Å²) in [5.41, 5.74) is 2.13. The number of hydrogen-bond acceptors (Lipinski definition) is 5. The molecule has 8 heteroatoms. The summed E-state index contributed by atoms with van der Waals surface area (Å²) >= 11 is 6.02. The van der Waals surface area contributed by atoms with E-state index in [0.29, 0.717) is 33.3 Å². The van der Waals surface area contributed by atoms with Crippen LogP contribution in [0.1, 0.15) is 46.0 Å². The number of Topliss-reactive ketones (excluding diaryl/α,β-unsaturated/α-hetero) is 1. The van der Waals surface area contributed by atoms with Crippen LogP contribution in [-0.4, -0.2) is 35.9 Å². The molecule has 2 rings (SSSR count). The summed E-state index contributed by atoms with van der Waals surface area (Å²) in [6, 6.07) is 4.77. The molecule has 0 unspecified atom stereocenters. The number of ketones is 1. The van der Waals surface area contributed by atoms with E-state index in [1.54, 1.807) is 26.0 Å². The summed E-state index contributed by atoms with van der Waals surface area (Å²) in [5, 5.41) is 2.96. The summed E-state index contributed by atoms with van der Waals surface area (Å²) in [7, 11) is 1.49. The third kappa shape index (κ3) is 4.49. The van der Waals surface area contributed by atoms with Crippen LogP contribution in [0.5, 0.6) is 5.75 Å². The molecule has 7 nitrogen and oxygen atoms in total. The second kappa shape index (κ2) is 8.26. The van der Waals surface area contributed by atoms with Crippen molar-refractivity contribution < 1.29 is 23.9 Å². The number of anilines is 1. The topological polar surface area (TPSA) is 97.5 Å². The van der Waals surface area contributed by atoms with Crippen molar-refractivity contribution >= 4 is 34.9 Å². The maximum absolute atomic E-state index is 12.4. The molecule has 0 radical (unpaired) electrons. The highest BCUT2D eigenvalue weighted by molar-refractivity contribution is 6.32. The first-order valence-electron chi connectivity index (χ1n) is 8.21. The fourth-order valence-electron chi connectivity index (χ4n) is 2.74. The van der Waals surface area contributed by atoms with Crippen LogP contribution in [0.25, 0.3) is 0 Å². The van der Waals surface area contributed by atoms with E-state index in [2.05, 4.69) is 10.3 Å². The van der Waals surface area contributed by atoms with E-state index in [9.17, 15) is 14.4 Å². The molecule has 144 valence electrons. The van der Waals surface area contributed by atoms with Gasteiger partial charge in [0.15, 0.2) is 11.9 Å². The fourth-order valence-corrected chi connectivity index (χ4v) is 3.00. The number of halogens is 1. The SMILES string of the molecule is COc1ccc(NC(=O)[C@H](C)OC(=O)c2[nH]c(C)c(C(C)=O)c2C)cc1Cl. The first-order chi connectivity index (χ1) is 12.6. The van der Waals surface area contributed by atoms with E-state index >= 15 is 0 Å². The number of esters is 1. The van der Waals surface area contributed by atoms with Crippen molar-refractivity contribution in [3.05, 3.63) is 45.7 Å². The zero-order valence-electron chi connectivity index (χ0n) is 15.7. The smallest absolute Gasteiger partial charge is 0.355 e. The van der Waals surface area contributed by atoms with Crippen molar-refractivity contribution in [2.75, 3.05) is 12.4 Å². The molecule has 0 aliphatic rings. The third-order valence-corrected chi connectivity index (χ3v) is 4.36. The van der Waals surface area contributed by atoms with Crippen molar-refractivity contribution in [2.24, 2.45) is 0 Å². The van der Waals surface area contributed by atoms with Gasteiger partial charge in [0.25, 0.3) is 5.91 Å². The maximum Gasteiger partial charge on any atom is 0.355 e.